The number of thiazole rings is 1. The van der Waals surface area contributed by atoms with E-state index in [1.807, 2.05) is 6.92 Å². The van der Waals surface area contributed by atoms with Gasteiger partial charge in [-0.2, -0.15) is 0 Å². The van der Waals surface area contributed by atoms with E-state index in [0.717, 1.165) is 28.4 Å². The van der Waals surface area contributed by atoms with E-state index in [4.69, 9.17) is 0 Å². The van der Waals surface area contributed by atoms with Crippen LogP contribution in [-0.4, -0.2) is 41.7 Å². The van der Waals surface area contributed by atoms with Gasteiger partial charge in [0.1, 0.15) is 9.88 Å². The molecule has 5 nitrogen and oxygen atoms in total. The molecule has 1 aliphatic rings. The predicted octanol–water partition coefficient (Wildman–Crippen LogP) is 2.05. The fraction of sp³-hybridized carbons (Fsp3) is 0.444. The second kappa shape index (κ2) is 7.01. The van der Waals surface area contributed by atoms with Crippen LogP contribution in [0.15, 0.2) is 18.2 Å². The fourth-order valence-electron chi connectivity index (χ4n) is 3.01. The molecule has 0 radical (unpaired) electrons. The molecule has 1 aromatic heterocycles. The van der Waals surface area contributed by atoms with Crippen LogP contribution in [-0.2, 0) is 0 Å². The third-order valence-electron chi connectivity index (χ3n) is 4.44. The molecule has 2 aromatic rings. The van der Waals surface area contributed by atoms with Gasteiger partial charge in [0.05, 0.1) is 11.8 Å². The van der Waals surface area contributed by atoms with E-state index >= 15 is 0 Å². The van der Waals surface area contributed by atoms with Gasteiger partial charge in [-0.3, -0.25) is 4.79 Å². The third-order valence-corrected chi connectivity index (χ3v) is 5.63. The zero-order valence-electron chi connectivity index (χ0n) is 14.2. The summed E-state index contributed by atoms with van der Waals surface area (Å²) in [5.41, 5.74) is 4.20. The average Bonchev–Trinajstić information content (AvgIpc) is 3.11. The fourth-order valence-corrected chi connectivity index (χ4v) is 4.08. The first-order valence-electron chi connectivity index (χ1n) is 8.17. The second-order valence-electron chi connectivity index (χ2n) is 6.45. The molecule has 1 aromatic carbocycles. The van der Waals surface area contributed by atoms with Crippen LogP contribution in [0, 0.1) is 26.7 Å². The molecule has 1 aliphatic heterocycles. The Kier molecular flexibility index (Phi) is 4.99. The molecule has 0 spiro atoms. The van der Waals surface area contributed by atoms with Gasteiger partial charge >= 0.3 is 0 Å². The number of amides is 1. The van der Waals surface area contributed by atoms with Crippen molar-refractivity contribution in [2.24, 2.45) is 5.92 Å². The Morgan fingerprint density at radius 3 is 2.83 bits per heavy atom. The number of nitrogens with zero attached hydrogens (tertiary/aromatic N) is 1. The molecular formula is C18H23N3O2S. The molecule has 1 amide bonds. The van der Waals surface area contributed by atoms with Gasteiger partial charge in [-0.05, 0) is 26.3 Å². The highest BCUT2D eigenvalue weighted by Gasteiger charge is 2.26. The Balaban J connectivity index is 1.74. The summed E-state index contributed by atoms with van der Waals surface area (Å²) >= 11 is 1.42. The lowest BCUT2D eigenvalue weighted by Crippen LogP contribution is -2.34. The first-order valence-corrected chi connectivity index (χ1v) is 8.99. The normalized spacial score (nSPS) is 20.3. The molecule has 0 saturated carbocycles. The van der Waals surface area contributed by atoms with E-state index in [-0.39, 0.29) is 11.8 Å². The van der Waals surface area contributed by atoms with Gasteiger partial charge < -0.3 is 15.7 Å². The molecule has 128 valence electrons. The molecule has 6 heteroatoms. The van der Waals surface area contributed by atoms with E-state index < -0.39 is 6.10 Å². The topological polar surface area (TPSA) is 74.2 Å². The van der Waals surface area contributed by atoms with Crippen LogP contribution < -0.4 is 10.6 Å². The first-order chi connectivity index (χ1) is 11.5. The third kappa shape index (κ3) is 3.50. The van der Waals surface area contributed by atoms with Crippen molar-refractivity contribution in [2.45, 2.75) is 26.9 Å². The highest BCUT2D eigenvalue weighted by atomic mass is 32.1. The Morgan fingerprint density at radius 2 is 2.17 bits per heavy atom. The molecule has 2 atom stereocenters. The number of aromatic nitrogens is 1. The summed E-state index contributed by atoms with van der Waals surface area (Å²) in [7, 11) is 0. The Labute approximate surface area is 146 Å². The maximum atomic E-state index is 12.5. The molecule has 0 bridgehead atoms. The van der Waals surface area contributed by atoms with Gasteiger partial charge in [0, 0.05) is 31.1 Å². The summed E-state index contributed by atoms with van der Waals surface area (Å²) in [6.45, 7) is 7.80. The number of hydrogen-bond acceptors (Lipinski definition) is 5. The largest absolute Gasteiger partial charge is 0.391 e. The Morgan fingerprint density at radius 1 is 1.38 bits per heavy atom. The molecule has 0 aliphatic carbocycles. The predicted molar refractivity (Wildman–Crippen MR) is 96.5 cm³/mol. The van der Waals surface area contributed by atoms with Crippen LogP contribution in [0.3, 0.4) is 0 Å². The maximum absolute atomic E-state index is 12.5. The minimum absolute atomic E-state index is 0.0704. The molecule has 2 unspecified atom stereocenters. The SMILES string of the molecule is Cc1ccc(-c2nc(C)c(C(=O)NCC3CNCC3O)s2)c(C)c1. The van der Waals surface area contributed by atoms with E-state index in [1.165, 1.54) is 16.9 Å². The van der Waals surface area contributed by atoms with Crippen molar-refractivity contribution in [3.05, 3.63) is 39.9 Å². The van der Waals surface area contributed by atoms with Crippen LogP contribution in [0.25, 0.3) is 10.6 Å². The number of benzene rings is 1. The lowest BCUT2D eigenvalue weighted by molar-refractivity contribution is 0.0930. The van der Waals surface area contributed by atoms with Crippen molar-refractivity contribution in [2.75, 3.05) is 19.6 Å². The number of carbonyl (C=O) groups excluding carboxylic acids is 1. The van der Waals surface area contributed by atoms with Crippen LogP contribution in [0.5, 0.6) is 0 Å². The van der Waals surface area contributed by atoms with E-state index in [2.05, 4.69) is 47.7 Å². The van der Waals surface area contributed by atoms with Gasteiger partial charge in [0.15, 0.2) is 0 Å². The summed E-state index contributed by atoms with van der Waals surface area (Å²) in [4.78, 5) is 17.7. The van der Waals surface area contributed by atoms with E-state index in [0.29, 0.717) is 18.0 Å². The smallest absolute Gasteiger partial charge is 0.263 e. The highest BCUT2D eigenvalue weighted by Crippen LogP contribution is 2.30. The summed E-state index contributed by atoms with van der Waals surface area (Å²) < 4.78 is 0. The summed E-state index contributed by atoms with van der Waals surface area (Å²) in [6, 6.07) is 6.25. The molecule has 3 rings (SSSR count). The molecule has 3 N–H and O–H groups in total. The monoisotopic (exact) mass is 345 g/mol. The van der Waals surface area contributed by atoms with Gasteiger partial charge in [-0.1, -0.05) is 23.8 Å². The van der Waals surface area contributed by atoms with Crippen molar-refractivity contribution in [1.29, 1.82) is 0 Å². The quantitative estimate of drug-likeness (QED) is 0.793. The Bertz CT molecular complexity index is 757. The zero-order valence-corrected chi connectivity index (χ0v) is 15.0. The average molecular weight is 345 g/mol. The van der Waals surface area contributed by atoms with Crippen LogP contribution in [0.2, 0.25) is 0 Å². The van der Waals surface area contributed by atoms with E-state index in [9.17, 15) is 9.90 Å². The first kappa shape index (κ1) is 17.1. The summed E-state index contributed by atoms with van der Waals surface area (Å²) in [6.07, 6.45) is -0.390. The summed E-state index contributed by atoms with van der Waals surface area (Å²) in [5, 5.41) is 16.7. The second-order valence-corrected chi connectivity index (χ2v) is 7.45. The number of hydrogen-bond donors (Lipinski definition) is 3. The number of rotatable bonds is 4. The van der Waals surface area contributed by atoms with Gasteiger partial charge in [0.25, 0.3) is 5.91 Å². The number of carbonyl (C=O) groups is 1. The zero-order chi connectivity index (χ0) is 17.3. The van der Waals surface area contributed by atoms with Crippen molar-refractivity contribution >= 4 is 17.2 Å². The van der Waals surface area contributed by atoms with Crippen molar-refractivity contribution in [3.8, 4) is 10.6 Å². The van der Waals surface area contributed by atoms with Gasteiger partial charge in [-0.15, -0.1) is 11.3 Å². The number of β-amino-alcohol motifs (C(OH)–C–C–N with tert-alkyl or cyclic N) is 1. The standard InChI is InChI=1S/C18H23N3O2S/c1-10-4-5-14(11(2)6-10)18-21-12(3)16(24-18)17(23)20-8-13-7-19-9-15(13)22/h4-6,13,15,19,22H,7-9H2,1-3H3,(H,20,23). The van der Waals surface area contributed by atoms with Crippen molar-refractivity contribution in [3.63, 3.8) is 0 Å². The molecular weight excluding hydrogens is 322 g/mol. The maximum Gasteiger partial charge on any atom is 0.263 e. The van der Waals surface area contributed by atoms with E-state index in [1.54, 1.807) is 0 Å². The highest BCUT2D eigenvalue weighted by molar-refractivity contribution is 7.17. The van der Waals surface area contributed by atoms with Crippen LogP contribution >= 0.6 is 11.3 Å². The number of aliphatic hydroxyl groups is 1. The number of aliphatic hydroxyl groups excluding tert-OH is 1. The molecule has 24 heavy (non-hydrogen) atoms. The Hall–Kier alpha value is -1.76. The molecule has 1 fully saturated rings. The van der Waals surface area contributed by atoms with Gasteiger partial charge in [0.2, 0.25) is 0 Å². The minimum Gasteiger partial charge on any atom is -0.391 e. The molecule has 2 heterocycles. The van der Waals surface area contributed by atoms with Crippen molar-refractivity contribution < 1.29 is 9.90 Å². The lowest BCUT2D eigenvalue weighted by Gasteiger charge is -2.13. The number of nitrogens with one attached hydrogen (secondary N) is 2. The minimum atomic E-state index is -0.390. The molecule has 1 saturated heterocycles. The lowest BCUT2D eigenvalue weighted by atomic mass is 10.1. The van der Waals surface area contributed by atoms with Crippen LogP contribution in [0.4, 0.5) is 0 Å². The van der Waals surface area contributed by atoms with Crippen molar-refractivity contribution in [1.82, 2.24) is 15.6 Å². The number of aryl methyl sites for hydroxylation is 3. The van der Waals surface area contributed by atoms with Crippen LogP contribution in [0.1, 0.15) is 26.5 Å². The summed E-state index contributed by atoms with van der Waals surface area (Å²) in [5.74, 6) is -0.0406. The van der Waals surface area contributed by atoms with Gasteiger partial charge in [-0.25, -0.2) is 4.98 Å².